The monoisotopic (exact) mass is 296 g/mol. The third-order valence-corrected chi connectivity index (χ3v) is 4.17. The Bertz CT molecular complexity index is 389. The van der Waals surface area contributed by atoms with Gasteiger partial charge in [-0.1, -0.05) is 6.08 Å². The fourth-order valence-electron chi connectivity index (χ4n) is 2.47. The topological polar surface area (TPSA) is 35.5 Å². The average Bonchev–Trinajstić information content (AvgIpc) is 2.85. The summed E-state index contributed by atoms with van der Waals surface area (Å²) in [6, 6.07) is 0. The Hall–Kier alpha value is -0.823. The number of methoxy groups -OCH3 is 1. The van der Waals surface area contributed by atoms with Crippen LogP contribution in [0.5, 0.6) is 0 Å². The Morgan fingerprint density at radius 2 is 1.95 bits per heavy atom. The molecule has 19 heavy (non-hydrogen) atoms. The van der Waals surface area contributed by atoms with E-state index in [1.807, 2.05) is 0 Å². The van der Waals surface area contributed by atoms with Crippen molar-refractivity contribution in [3.8, 4) is 0 Å². The Kier molecular flexibility index (Phi) is 3.95. The van der Waals surface area contributed by atoms with Crippen molar-refractivity contribution in [2.45, 2.75) is 44.3 Å². The van der Waals surface area contributed by atoms with E-state index < -0.39 is 37.9 Å². The van der Waals surface area contributed by atoms with Gasteiger partial charge in [0.25, 0.3) is 0 Å². The van der Waals surface area contributed by atoms with Crippen LogP contribution in [0.15, 0.2) is 12.7 Å². The number of allylic oxidation sites excluding steroid dienone is 1. The molecule has 0 bridgehead atoms. The van der Waals surface area contributed by atoms with Crippen molar-refractivity contribution in [1.29, 1.82) is 0 Å². The van der Waals surface area contributed by atoms with Gasteiger partial charge in [-0.05, 0) is 26.1 Å². The lowest BCUT2D eigenvalue weighted by Crippen LogP contribution is -2.48. The smallest absolute Gasteiger partial charge is 0.417 e. The molecule has 0 radical (unpaired) electrons. The molecule has 0 saturated heterocycles. The van der Waals surface area contributed by atoms with Crippen molar-refractivity contribution in [2.75, 3.05) is 7.11 Å². The third kappa shape index (κ3) is 2.58. The van der Waals surface area contributed by atoms with Crippen LogP contribution in [0, 0.1) is 5.41 Å². The number of hydrogen-bond donors (Lipinski definition) is 0. The van der Waals surface area contributed by atoms with Crippen LogP contribution in [-0.2, 0) is 14.0 Å². The van der Waals surface area contributed by atoms with Gasteiger partial charge in [0.05, 0.1) is 7.11 Å². The number of esters is 1. The molecule has 1 saturated carbocycles. The highest BCUT2D eigenvalue weighted by Crippen LogP contribution is 2.69. The zero-order valence-corrected chi connectivity index (χ0v) is 12.6. The zero-order valence-electron chi connectivity index (χ0n) is 11.6. The summed E-state index contributed by atoms with van der Waals surface area (Å²) in [6.07, 6.45) is -3.81. The molecule has 0 spiro atoms. The Morgan fingerprint density at radius 1 is 1.42 bits per heavy atom. The molecule has 7 heteroatoms. The molecule has 0 aromatic rings. The minimum Gasteiger partial charge on any atom is -0.468 e. The van der Waals surface area contributed by atoms with Crippen LogP contribution in [-0.4, -0.2) is 33.2 Å². The number of halogens is 3. The summed E-state index contributed by atoms with van der Waals surface area (Å²) in [5.74, 6) is -0.886. The molecule has 0 N–H and O–H groups in total. The van der Waals surface area contributed by atoms with Crippen LogP contribution in [0.1, 0.15) is 12.8 Å². The van der Waals surface area contributed by atoms with E-state index in [1.54, 1.807) is 19.6 Å². The molecule has 1 rings (SSSR count). The molecule has 2 unspecified atom stereocenters. The predicted molar refractivity (Wildman–Crippen MR) is 67.1 cm³/mol. The predicted octanol–water partition coefficient (Wildman–Crippen LogP) is 3.28. The lowest BCUT2D eigenvalue weighted by atomic mass is 9.97. The van der Waals surface area contributed by atoms with E-state index in [0.29, 0.717) is 0 Å². The van der Waals surface area contributed by atoms with E-state index in [-0.39, 0.29) is 6.42 Å². The number of carbonyl (C=O) groups is 1. The van der Waals surface area contributed by atoms with E-state index in [4.69, 9.17) is 4.43 Å². The van der Waals surface area contributed by atoms with Crippen LogP contribution in [0.2, 0.25) is 19.6 Å². The fraction of sp³-hybridized carbons (Fsp3) is 0.750. The Balaban J connectivity index is 3.23. The van der Waals surface area contributed by atoms with Crippen molar-refractivity contribution in [3.63, 3.8) is 0 Å². The molecule has 0 aliphatic heterocycles. The maximum absolute atomic E-state index is 13.4. The van der Waals surface area contributed by atoms with Gasteiger partial charge in [-0.3, -0.25) is 4.79 Å². The molecule has 110 valence electrons. The van der Waals surface area contributed by atoms with Crippen molar-refractivity contribution in [1.82, 2.24) is 0 Å². The molecular formula is C12H19F3O3Si. The van der Waals surface area contributed by atoms with Crippen molar-refractivity contribution in [2.24, 2.45) is 5.41 Å². The third-order valence-electron chi connectivity index (χ3n) is 3.21. The van der Waals surface area contributed by atoms with Gasteiger partial charge in [0.2, 0.25) is 0 Å². The Labute approximate surface area is 111 Å². The molecule has 0 heterocycles. The highest BCUT2D eigenvalue weighted by atomic mass is 28.4. The summed E-state index contributed by atoms with van der Waals surface area (Å²) in [6.45, 7) is 8.41. The van der Waals surface area contributed by atoms with Crippen molar-refractivity contribution >= 4 is 14.3 Å². The van der Waals surface area contributed by atoms with E-state index in [0.717, 1.165) is 7.11 Å². The molecule has 1 aliphatic rings. The van der Waals surface area contributed by atoms with Gasteiger partial charge in [0.1, 0.15) is 5.41 Å². The first kappa shape index (κ1) is 16.2. The largest absolute Gasteiger partial charge is 0.468 e. The molecule has 1 aliphatic carbocycles. The quantitative estimate of drug-likeness (QED) is 0.444. The minimum atomic E-state index is -4.61. The standard InChI is InChI=1S/C12H19F3O3Si/c1-6-7-10(9(16)17-2)8-11(10,12(13,14)15)18-19(3,4)5/h6H,1,7-8H2,2-5H3. The lowest BCUT2D eigenvalue weighted by Gasteiger charge is -2.32. The zero-order chi connectivity index (χ0) is 15.1. The average molecular weight is 296 g/mol. The maximum atomic E-state index is 13.4. The van der Waals surface area contributed by atoms with E-state index >= 15 is 0 Å². The molecular weight excluding hydrogens is 277 g/mol. The van der Waals surface area contributed by atoms with Gasteiger partial charge >= 0.3 is 12.1 Å². The second kappa shape index (κ2) is 4.62. The van der Waals surface area contributed by atoms with Gasteiger partial charge in [-0.2, -0.15) is 13.2 Å². The van der Waals surface area contributed by atoms with Gasteiger partial charge < -0.3 is 9.16 Å². The highest BCUT2D eigenvalue weighted by molar-refractivity contribution is 6.69. The molecule has 1 fully saturated rings. The van der Waals surface area contributed by atoms with Gasteiger partial charge in [0, 0.05) is 6.42 Å². The van der Waals surface area contributed by atoms with Crippen LogP contribution in [0.25, 0.3) is 0 Å². The summed E-state index contributed by atoms with van der Waals surface area (Å²) >= 11 is 0. The normalized spacial score (nSPS) is 30.9. The Morgan fingerprint density at radius 3 is 2.26 bits per heavy atom. The summed E-state index contributed by atoms with van der Waals surface area (Å²) in [4.78, 5) is 11.8. The first-order chi connectivity index (χ1) is 8.46. The minimum absolute atomic E-state index is 0.107. The summed E-state index contributed by atoms with van der Waals surface area (Å²) in [7, 11) is -1.39. The molecule has 2 atom stereocenters. The van der Waals surface area contributed by atoms with Crippen LogP contribution in [0.3, 0.4) is 0 Å². The lowest BCUT2D eigenvalue weighted by molar-refractivity contribution is -0.227. The van der Waals surface area contributed by atoms with E-state index in [1.165, 1.54) is 6.08 Å². The molecule has 0 aromatic carbocycles. The first-order valence-electron chi connectivity index (χ1n) is 5.92. The van der Waals surface area contributed by atoms with Crippen LogP contribution in [0.4, 0.5) is 13.2 Å². The van der Waals surface area contributed by atoms with E-state index in [9.17, 15) is 18.0 Å². The first-order valence-corrected chi connectivity index (χ1v) is 9.33. The molecule has 0 amide bonds. The number of alkyl halides is 3. The number of ether oxygens (including phenoxy) is 1. The van der Waals surface area contributed by atoms with Crippen molar-refractivity contribution < 1.29 is 27.1 Å². The van der Waals surface area contributed by atoms with Gasteiger partial charge in [-0.15, -0.1) is 6.58 Å². The summed E-state index contributed by atoms with van der Waals surface area (Å²) in [5, 5.41) is 0. The van der Waals surface area contributed by atoms with Gasteiger partial charge in [0.15, 0.2) is 13.9 Å². The summed E-state index contributed by atoms with van der Waals surface area (Å²) in [5.41, 5.74) is -4.10. The fourth-order valence-corrected chi connectivity index (χ4v) is 3.89. The SMILES string of the molecule is C=CCC1(C(=O)OC)CC1(O[Si](C)(C)C)C(F)(F)F. The number of carbonyl (C=O) groups excluding carboxylic acids is 1. The number of hydrogen-bond acceptors (Lipinski definition) is 3. The molecule has 3 nitrogen and oxygen atoms in total. The van der Waals surface area contributed by atoms with Crippen molar-refractivity contribution in [3.05, 3.63) is 12.7 Å². The van der Waals surface area contributed by atoms with Crippen LogP contribution < -0.4 is 0 Å². The van der Waals surface area contributed by atoms with Crippen LogP contribution >= 0.6 is 0 Å². The summed E-state index contributed by atoms with van der Waals surface area (Å²) < 4.78 is 50.1. The maximum Gasteiger partial charge on any atom is 0.417 e. The van der Waals surface area contributed by atoms with E-state index in [2.05, 4.69) is 11.3 Å². The van der Waals surface area contributed by atoms with Gasteiger partial charge in [-0.25, -0.2) is 0 Å². The highest BCUT2D eigenvalue weighted by Gasteiger charge is 2.85. The number of rotatable bonds is 5. The molecule has 0 aromatic heterocycles. The second-order valence-electron chi connectivity index (χ2n) is 5.78. The second-order valence-corrected chi connectivity index (χ2v) is 10.2.